The lowest BCUT2D eigenvalue weighted by Gasteiger charge is -2.12. The van der Waals surface area contributed by atoms with Crippen LogP contribution in [-0.4, -0.2) is 22.8 Å². The molecule has 0 radical (unpaired) electrons. The van der Waals surface area contributed by atoms with Crippen LogP contribution in [0.2, 0.25) is 0 Å². The van der Waals surface area contributed by atoms with Crippen molar-refractivity contribution >= 4 is 16.8 Å². The van der Waals surface area contributed by atoms with Crippen LogP contribution < -0.4 is 5.32 Å². The minimum Gasteiger partial charge on any atom is -0.342 e. The summed E-state index contributed by atoms with van der Waals surface area (Å²) in [5.74, 6) is 0.995. The Hall–Kier alpha value is -1.68. The number of carbonyl (C=O) groups excluding carboxylic acids is 1. The highest BCUT2D eigenvalue weighted by atomic mass is 16.1. The summed E-state index contributed by atoms with van der Waals surface area (Å²) in [4.78, 5) is 18.9. The molecule has 16 heavy (non-hydrogen) atoms. The fraction of sp³-hybridized carbons (Fsp3) is 0.333. The number of H-pyrrole nitrogens is 1. The summed E-state index contributed by atoms with van der Waals surface area (Å²) < 4.78 is 0. The molecule has 2 aromatic rings. The Morgan fingerprint density at radius 2 is 2.25 bits per heavy atom. The van der Waals surface area contributed by atoms with E-state index in [1.165, 1.54) is 0 Å². The summed E-state index contributed by atoms with van der Waals surface area (Å²) in [6.07, 6.45) is 0. The summed E-state index contributed by atoms with van der Waals surface area (Å²) >= 11 is 0. The summed E-state index contributed by atoms with van der Waals surface area (Å²) in [6, 6.07) is 5.60. The zero-order valence-corrected chi connectivity index (χ0v) is 9.66. The molecule has 1 atom stereocenters. The van der Waals surface area contributed by atoms with E-state index < -0.39 is 0 Å². The first-order valence-corrected chi connectivity index (χ1v) is 5.26. The van der Waals surface area contributed by atoms with Gasteiger partial charge >= 0.3 is 0 Å². The minimum absolute atomic E-state index is 0.109. The smallest absolute Gasteiger partial charge is 0.151 e. The lowest BCUT2D eigenvalue weighted by atomic mass is 10.0. The number of aromatic nitrogens is 2. The molecule has 2 N–H and O–H groups in total. The number of aryl methyl sites for hydroxylation is 1. The molecule has 0 spiro atoms. The number of ketones is 1. The number of aromatic amines is 1. The molecule has 0 bridgehead atoms. The second-order valence-corrected chi connectivity index (χ2v) is 3.93. The number of nitrogens with zero attached hydrogens (tertiary/aromatic N) is 1. The van der Waals surface area contributed by atoms with Crippen LogP contribution in [0.5, 0.6) is 0 Å². The van der Waals surface area contributed by atoms with E-state index in [-0.39, 0.29) is 11.8 Å². The second kappa shape index (κ2) is 4.06. The Bertz CT molecular complexity index is 530. The lowest BCUT2D eigenvalue weighted by Crippen LogP contribution is -2.23. The van der Waals surface area contributed by atoms with Gasteiger partial charge < -0.3 is 10.3 Å². The maximum atomic E-state index is 11.4. The van der Waals surface area contributed by atoms with Crippen molar-refractivity contribution < 1.29 is 4.79 Å². The Morgan fingerprint density at radius 1 is 1.50 bits per heavy atom. The third-order valence-corrected chi connectivity index (χ3v) is 2.65. The molecule has 0 amide bonds. The van der Waals surface area contributed by atoms with Crippen LogP contribution in [0.4, 0.5) is 0 Å². The zero-order valence-electron chi connectivity index (χ0n) is 9.66. The number of likely N-dealkylation sites (N-methyl/N-ethyl adjacent to an activating group) is 1. The molecule has 0 aliphatic heterocycles. The van der Waals surface area contributed by atoms with Crippen LogP contribution in [0.25, 0.3) is 11.0 Å². The molecule has 0 aliphatic rings. The number of fused-ring (bicyclic) bond motifs is 1. The molecule has 0 fully saturated rings. The molecule has 2 rings (SSSR count). The molecule has 1 aromatic heterocycles. The van der Waals surface area contributed by atoms with Crippen molar-refractivity contribution in [1.82, 2.24) is 15.3 Å². The highest BCUT2D eigenvalue weighted by molar-refractivity contribution is 5.85. The third kappa shape index (κ3) is 1.84. The van der Waals surface area contributed by atoms with Crippen LogP contribution in [0, 0.1) is 6.92 Å². The van der Waals surface area contributed by atoms with Crippen molar-refractivity contribution in [3.63, 3.8) is 0 Å². The van der Waals surface area contributed by atoms with Crippen molar-refractivity contribution in [1.29, 1.82) is 0 Å². The maximum Gasteiger partial charge on any atom is 0.151 e. The largest absolute Gasteiger partial charge is 0.342 e. The third-order valence-electron chi connectivity index (χ3n) is 2.65. The van der Waals surface area contributed by atoms with Crippen LogP contribution in [0.15, 0.2) is 18.2 Å². The zero-order chi connectivity index (χ0) is 11.7. The standard InChI is InChI=1S/C12H15N3O/c1-7(16)12(13-3)9-4-5-10-11(6-9)15-8(2)14-10/h4-6,12-13H,1-3H3,(H,14,15). The monoisotopic (exact) mass is 217 g/mol. The van der Waals surface area contributed by atoms with E-state index in [2.05, 4.69) is 15.3 Å². The lowest BCUT2D eigenvalue weighted by molar-refractivity contribution is -0.119. The number of Topliss-reactive ketones (excluding diaryl/α,β-unsaturated/α-hetero) is 1. The molecule has 4 nitrogen and oxygen atoms in total. The summed E-state index contributed by atoms with van der Waals surface area (Å²) in [7, 11) is 1.79. The molecular weight excluding hydrogens is 202 g/mol. The molecule has 0 saturated carbocycles. The molecule has 84 valence electrons. The SMILES string of the molecule is CNC(C(C)=O)c1ccc2nc(C)[nH]c2c1. The van der Waals surface area contributed by atoms with E-state index in [4.69, 9.17) is 0 Å². The van der Waals surface area contributed by atoms with Crippen LogP contribution in [0.3, 0.4) is 0 Å². The van der Waals surface area contributed by atoms with Crippen molar-refractivity contribution in [3.8, 4) is 0 Å². The highest BCUT2D eigenvalue weighted by Crippen LogP contribution is 2.19. The summed E-state index contributed by atoms with van der Waals surface area (Å²) in [5, 5.41) is 3.01. The van der Waals surface area contributed by atoms with E-state index in [1.54, 1.807) is 14.0 Å². The van der Waals surface area contributed by atoms with Crippen LogP contribution in [-0.2, 0) is 4.79 Å². The minimum atomic E-state index is -0.243. The van der Waals surface area contributed by atoms with Crippen molar-refractivity contribution in [2.24, 2.45) is 0 Å². The number of benzene rings is 1. The Labute approximate surface area is 94.1 Å². The quantitative estimate of drug-likeness (QED) is 0.823. The summed E-state index contributed by atoms with van der Waals surface area (Å²) in [5.41, 5.74) is 2.86. The molecule has 4 heteroatoms. The van der Waals surface area contributed by atoms with Crippen LogP contribution in [0.1, 0.15) is 24.4 Å². The normalized spacial score (nSPS) is 12.9. The predicted molar refractivity (Wildman–Crippen MR) is 63.3 cm³/mol. The highest BCUT2D eigenvalue weighted by Gasteiger charge is 2.14. The fourth-order valence-electron chi connectivity index (χ4n) is 1.94. The van der Waals surface area contributed by atoms with E-state index in [9.17, 15) is 4.79 Å². The van der Waals surface area contributed by atoms with Gasteiger partial charge in [-0.3, -0.25) is 4.79 Å². The molecule has 0 aliphatic carbocycles. The van der Waals surface area contributed by atoms with Gasteiger partial charge in [0, 0.05) is 0 Å². The Kier molecular flexibility index (Phi) is 2.75. The number of rotatable bonds is 3. The van der Waals surface area contributed by atoms with Gasteiger partial charge in [0.2, 0.25) is 0 Å². The van der Waals surface area contributed by atoms with Gasteiger partial charge in [-0.15, -0.1) is 0 Å². The maximum absolute atomic E-state index is 11.4. The number of hydrogen-bond acceptors (Lipinski definition) is 3. The molecular formula is C12H15N3O. The average molecular weight is 217 g/mol. The van der Waals surface area contributed by atoms with E-state index in [0.29, 0.717) is 0 Å². The van der Waals surface area contributed by atoms with E-state index in [0.717, 1.165) is 22.4 Å². The molecule has 0 saturated heterocycles. The van der Waals surface area contributed by atoms with Gasteiger partial charge in [-0.2, -0.15) is 0 Å². The van der Waals surface area contributed by atoms with Gasteiger partial charge in [-0.1, -0.05) is 6.07 Å². The first kappa shape index (κ1) is 10.8. The van der Waals surface area contributed by atoms with Crippen molar-refractivity contribution in [3.05, 3.63) is 29.6 Å². The Morgan fingerprint density at radius 3 is 2.88 bits per heavy atom. The van der Waals surface area contributed by atoms with Gasteiger partial charge in [0.15, 0.2) is 5.78 Å². The average Bonchev–Trinajstić information content (AvgIpc) is 2.57. The predicted octanol–water partition coefficient (Wildman–Crippen LogP) is 1.72. The van der Waals surface area contributed by atoms with Crippen molar-refractivity contribution in [2.45, 2.75) is 19.9 Å². The van der Waals surface area contributed by atoms with E-state index in [1.807, 2.05) is 25.1 Å². The molecule has 1 aromatic carbocycles. The van der Waals surface area contributed by atoms with Gasteiger partial charge in [-0.25, -0.2) is 4.98 Å². The molecule has 1 heterocycles. The van der Waals surface area contributed by atoms with Crippen LogP contribution >= 0.6 is 0 Å². The number of nitrogens with one attached hydrogen (secondary N) is 2. The van der Waals surface area contributed by atoms with Gasteiger partial charge in [0.25, 0.3) is 0 Å². The van der Waals surface area contributed by atoms with Gasteiger partial charge in [0.1, 0.15) is 5.82 Å². The first-order valence-electron chi connectivity index (χ1n) is 5.26. The van der Waals surface area contributed by atoms with Gasteiger partial charge in [0.05, 0.1) is 17.1 Å². The number of imidazole rings is 1. The fourth-order valence-corrected chi connectivity index (χ4v) is 1.94. The molecule has 1 unspecified atom stereocenters. The Balaban J connectivity index is 2.48. The van der Waals surface area contributed by atoms with Crippen molar-refractivity contribution in [2.75, 3.05) is 7.05 Å². The number of hydrogen-bond donors (Lipinski definition) is 2. The van der Waals surface area contributed by atoms with E-state index >= 15 is 0 Å². The summed E-state index contributed by atoms with van der Waals surface area (Å²) in [6.45, 7) is 3.50. The first-order chi connectivity index (χ1) is 7.61. The van der Waals surface area contributed by atoms with Gasteiger partial charge in [-0.05, 0) is 38.6 Å². The number of carbonyl (C=O) groups is 1. The topological polar surface area (TPSA) is 57.8 Å². The second-order valence-electron chi connectivity index (χ2n) is 3.93.